The van der Waals surface area contributed by atoms with Crippen molar-refractivity contribution in [2.75, 3.05) is 26.2 Å². The number of carbonyl (C=O) groups is 1. The van der Waals surface area contributed by atoms with Crippen LogP contribution in [0.4, 0.5) is 0 Å². The van der Waals surface area contributed by atoms with Gasteiger partial charge in [-0.15, -0.1) is 0 Å². The molecule has 0 unspecified atom stereocenters. The molecule has 0 aromatic heterocycles. The van der Waals surface area contributed by atoms with Gasteiger partial charge in [-0.3, -0.25) is 19.6 Å². The number of fused-ring (bicyclic) bond motifs is 2. The number of rotatable bonds is 4. The van der Waals surface area contributed by atoms with E-state index in [4.69, 9.17) is 4.99 Å². The van der Waals surface area contributed by atoms with Crippen molar-refractivity contribution in [3.8, 4) is 0 Å². The minimum atomic E-state index is 0.115. The number of amides is 1. The fraction of sp³-hybridized carbons (Fsp3) is 0.333. The maximum atomic E-state index is 13.6. The molecule has 0 N–H and O–H groups in total. The van der Waals surface area contributed by atoms with Gasteiger partial charge in [0.25, 0.3) is 5.91 Å². The molecule has 154 valence electrons. The predicted octanol–water partition coefficient (Wildman–Crippen LogP) is 4.01. The van der Waals surface area contributed by atoms with Crippen LogP contribution in [0.15, 0.2) is 75.3 Å². The van der Waals surface area contributed by atoms with E-state index >= 15 is 0 Å². The van der Waals surface area contributed by atoms with Crippen LogP contribution in [0.5, 0.6) is 0 Å². The SMILES string of the molecule is O=C1C2=C(CCN(Cc3cccc(Br)c3)C2)N2CCCN=C2N1Cc1ccccc1. The monoisotopic (exact) mass is 464 g/mol. The molecule has 3 heterocycles. The van der Waals surface area contributed by atoms with E-state index in [0.717, 1.165) is 60.6 Å². The van der Waals surface area contributed by atoms with Gasteiger partial charge in [0.05, 0.1) is 12.1 Å². The van der Waals surface area contributed by atoms with Crippen molar-refractivity contribution < 1.29 is 4.79 Å². The molecule has 0 saturated carbocycles. The van der Waals surface area contributed by atoms with Gasteiger partial charge in [-0.2, -0.15) is 0 Å². The summed E-state index contributed by atoms with van der Waals surface area (Å²) in [6.45, 7) is 4.81. The third-order valence-electron chi connectivity index (χ3n) is 5.98. The second-order valence-corrected chi connectivity index (χ2v) is 9.00. The van der Waals surface area contributed by atoms with Crippen LogP contribution in [0.3, 0.4) is 0 Å². The highest BCUT2D eigenvalue weighted by Gasteiger charge is 2.40. The Morgan fingerprint density at radius 1 is 0.967 bits per heavy atom. The minimum absolute atomic E-state index is 0.115. The molecule has 3 aliphatic rings. The number of benzene rings is 2. The van der Waals surface area contributed by atoms with Gasteiger partial charge in [-0.25, -0.2) is 0 Å². The Kier molecular flexibility index (Phi) is 5.44. The lowest BCUT2D eigenvalue weighted by molar-refractivity contribution is -0.125. The Bertz CT molecular complexity index is 1020. The number of aliphatic imine (C=N–C) groups is 1. The summed E-state index contributed by atoms with van der Waals surface area (Å²) in [5.41, 5.74) is 4.52. The second kappa shape index (κ2) is 8.36. The number of nitrogens with zero attached hydrogens (tertiary/aromatic N) is 4. The molecular weight excluding hydrogens is 440 g/mol. The fourth-order valence-electron chi connectivity index (χ4n) is 4.57. The highest BCUT2D eigenvalue weighted by molar-refractivity contribution is 9.10. The van der Waals surface area contributed by atoms with Gasteiger partial charge in [0.15, 0.2) is 0 Å². The van der Waals surface area contributed by atoms with Crippen LogP contribution in [0, 0.1) is 0 Å². The van der Waals surface area contributed by atoms with E-state index in [1.807, 2.05) is 29.2 Å². The highest BCUT2D eigenvalue weighted by Crippen LogP contribution is 2.32. The number of hydrogen-bond acceptors (Lipinski definition) is 4. The van der Waals surface area contributed by atoms with Crippen LogP contribution in [0.2, 0.25) is 0 Å². The normalized spacial score (nSPS) is 19.5. The minimum Gasteiger partial charge on any atom is -0.315 e. The van der Waals surface area contributed by atoms with E-state index in [-0.39, 0.29) is 5.91 Å². The van der Waals surface area contributed by atoms with E-state index in [2.05, 4.69) is 56.1 Å². The summed E-state index contributed by atoms with van der Waals surface area (Å²) in [6, 6.07) is 18.6. The predicted molar refractivity (Wildman–Crippen MR) is 122 cm³/mol. The Balaban J connectivity index is 1.42. The van der Waals surface area contributed by atoms with Crippen molar-refractivity contribution >= 4 is 27.8 Å². The molecule has 6 heteroatoms. The number of carbonyl (C=O) groups excluding carboxylic acids is 1. The zero-order chi connectivity index (χ0) is 20.5. The molecule has 1 amide bonds. The van der Waals surface area contributed by atoms with Gasteiger partial charge in [-0.1, -0.05) is 58.4 Å². The van der Waals surface area contributed by atoms with Crippen LogP contribution in [0.25, 0.3) is 0 Å². The van der Waals surface area contributed by atoms with Crippen molar-refractivity contribution in [1.82, 2.24) is 14.7 Å². The zero-order valence-corrected chi connectivity index (χ0v) is 18.5. The molecule has 2 aromatic rings. The zero-order valence-electron chi connectivity index (χ0n) is 16.9. The molecule has 0 fully saturated rings. The van der Waals surface area contributed by atoms with Crippen LogP contribution in [-0.4, -0.2) is 52.7 Å². The Labute approximate surface area is 185 Å². The third-order valence-corrected chi connectivity index (χ3v) is 6.47. The Hall–Kier alpha value is -2.44. The lowest BCUT2D eigenvalue weighted by Crippen LogP contribution is -2.56. The van der Waals surface area contributed by atoms with Gasteiger partial charge in [0, 0.05) is 49.3 Å². The number of guanidine groups is 1. The molecule has 5 nitrogen and oxygen atoms in total. The van der Waals surface area contributed by atoms with E-state index in [1.54, 1.807) is 0 Å². The number of halogens is 1. The largest absolute Gasteiger partial charge is 0.315 e. The standard InChI is InChI=1S/C24H25BrN4O/c25-20-9-4-8-19(14-20)15-27-13-10-22-21(17-27)23(30)29(16-18-6-2-1-3-7-18)24-26-11-5-12-28(22)24/h1-4,6-9,14H,5,10-13,15-17H2. The third kappa shape index (κ3) is 3.82. The van der Waals surface area contributed by atoms with E-state index in [1.165, 1.54) is 11.3 Å². The highest BCUT2D eigenvalue weighted by atomic mass is 79.9. The fourth-order valence-corrected chi connectivity index (χ4v) is 5.02. The average molecular weight is 465 g/mol. The molecule has 0 aliphatic carbocycles. The van der Waals surface area contributed by atoms with Crippen LogP contribution >= 0.6 is 15.9 Å². The van der Waals surface area contributed by atoms with Crippen molar-refractivity contribution in [3.05, 3.63) is 81.5 Å². The maximum absolute atomic E-state index is 13.6. The summed E-state index contributed by atoms with van der Waals surface area (Å²) >= 11 is 3.56. The smallest absolute Gasteiger partial charge is 0.259 e. The van der Waals surface area contributed by atoms with Crippen molar-refractivity contribution in [3.63, 3.8) is 0 Å². The second-order valence-electron chi connectivity index (χ2n) is 8.08. The molecular formula is C24H25BrN4O. The summed E-state index contributed by atoms with van der Waals surface area (Å²) in [7, 11) is 0. The van der Waals surface area contributed by atoms with Crippen LogP contribution in [-0.2, 0) is 17.9 Å². The lowest BCUT2D eigenvalue weighted by atomic mass is 9.99. The molecule has 2 aromatic carbocycles. The summed E-state index contributed by atoms with van der Waals surface area (Å²) in [5, 5.41) is 0. The summed E-state index contributed by atoms with van der Waals surface area (Å²) < 4.78 is 1.09. The molecule has 0 bridgehead atoms. The topological polar surface area (TPSA) is 39.2 Å². The van der Waals surface area contributed by atoms with Gasteiger partial charge >= 0.3 is 0 Å². The van der Waals surface area contributed by atoms with Crippen molar-refractivity contribution in [1.29, 1.82) is 0 Å². The van der Waals surface area contributed by atoms with Gasteiger partial charge in [-0.05, 0) is 29.7 Å². The molecule has 0 atom stereocenters. The van der Waals surface area contributed by atoms with E-state index in [0.29, 0.717) is 13.1 Å². The Morgan fingerprint density at radius 2 is 1.80 bits per heavy atom. The maximum Gasteiger partial charge on any atom is 0.259 e. The van der Waals surface area contributed by atoms with Crippen LogP contribution < -0.4 is 0 Å². The van der Waals surface area contributed by atoms with Gasteiger partial charge in [0.1, 0.15) is 0 Å². The van der Waals surface area contributed by atoms with E-state index < -0.39 is 0 Å². The van der Waals surface area contributed by atoms with E-state index in [9.17, 15) is 4.79 Å². The van der Waals surface area contributed by atoms with Gasteiger partial charge in [0.2, 0.25) is 5.96 Å². The molecule has 0 saturated heterocycles. The first-order valence-electron chi connectivity index (χ1n) is 10.6. The molecule has 3 aliphatic heterocycles. The summed E-state index contributed by atoms with van der Waals surface area (Å²) in [5.74, 6) is 0.957. The average Bonchev–Trinajstić information content (AvgIpc) is 2.77. The summed E-state index contributed by atoms with van der Waals surface area (Å²) in [6.07, 6.45) is 1.93. The Morgan fingerprint density at radius 3 is 2.63 bits per heavy atom. The summed E-state index contributed by atoms with van der Waals surface area (Å²) in [4.78, 5) is 24.9. The number of hydrogen-bond donors (Lipinski definition) is 0. The lowest BCUT2D eigenvalue weighted by Gasteiger charge is -2.45. The molecule has 0 spiro atoms. The first kappa shape index (κ1) is 19.5. The van der Waals surface area contributed by atoms with Gasteiger partial charge < -0.3 is 4.90 Å². The molecule has 0 radical (unpaired) electrons. The first-order valence-corrected chi connectivity index (χ1v) is 11.3. The van der Waals surface area contributed by atoms with Crippen molar-refractivity contribution in [2.45, 2.75) is 25.9 Å². The first-order chi connectivity index (χ1) is 14.7. The molecule has 5 rings (SSSR count). The quantitative estimate of drug-likeness (QED) is 0.685. The molecule has 30 heavy (non-hydrogen) atoms. The van der Waals surface area contributed by atoms with Crippen molar-refractivity contribution in [2.24, 2.45) is 4.99 Å². The van der Waals surface area contributed by atoms with Crippen LogP contribution in [0.1, 0.15) is 24.0 Å².